The van der Waals surface area contributed by atoms with Crippen LogP contribution in [0.1, 0.15) is 24.2 Å². The highest BCUT2D eigenvalue weighted by molar-refractivity contribution is 9.10. The second kappa shape index (κ2) is 7.14. The van der Waals surface area contributed by atoms with E-state index in [0.29, 0.717) is 28.1 Å². The van der Waals surface area contributed by atoms with E-state index in [1.54, 1.807) is 30.3 Å². The van der Waals surface area contributed by atoms with Gasteiger partial charge in [-0.2, -0.15) is 0 Å². The maximum absolute atomic E-state index is 12.4. The van der Waals surface area contributed by atoms with Crippen molar-refractivity contribution in [1.29, 1.82) is 0 Å². The Bertz CT molecular complexity index is 816. The first-order valence-electron chi connectivity index (χ1n) is 6.89. The third-order valence-electron chi connectivity index (χ3n) is 3.06. The van der Waals surface area contributed by atoms with Crippen molar-refractivity contribution in [3.63, 3.8) is 0 Å². The van der Waals surface area contributed by atoms with Gasteiger partial charge in [-0.1, -0.05) is 0 Å². The van der Waals surface area contributed by atoms with E-state index in [-0.39, 0.29) is 10.7 Å². The minimum Gasteiger partial charge on any atom is -0.493 e. The number of sulfonamides is 1. The van der Waals surface area contributed by atoms with Crippen molar-refractivity contribution >= 4 is 37.4 Å². The SMILES string of the molecule is CCOc1cc(S(=O)(=O)Nc2ccc(C(C)=O)cc2)ccc1Br. The number of carbonyl (C=O) groups excluding carboxylic acids is 1. The molecule has 5 nitrogen and oxygen atoms in total. The molecule has 1 N–H and O–H groups in total. The number of rotatable bonds is 6. The average Bonchev–Trinajstić information content (AvgIpc) is 2.49. The molecule has 0 heterocycles. The minimum atomic E-state index is -3.74. The third-order valence-corrected chi connectivity index (χ3v) is 5.09. The normalized spacial score (nSPS) is 11.1. The van der Waals surface area contributed by atoms with Gasteiger partial charge in [-0.15, -0.1) is 0 Å². The number of ether oxygens (including phenoxy) is 1. The molecule has 0 aliphatic heterocycles. The van der Waals surface area contributed by atoms with Crippen molar-refractivity contribution in [2.75, 3.05) is 11.3 Å². The first-order valence-corrected chi connectivity index (χ1v) is 9.17. The van der Waals surface area contributed by atoms with E-state index >= 15 is 0 Å². The number of ketones is 1. The van der Waals surface area contributed by atoms with Crippen molar-refractivity contribution in [3.05, 3.63) is 52.5 Å². The molecule has 0 saturated heterocycles. The Morgan fingerprint density at radius 1 is 1.17 bits per heavy atom. The Balaban J connectivity index is 2.28. The fourth-order valence-corrected chi connectivity index (χ4v) is 3.34. The van der Waals surface area contributed by atoms with Crippen LogP contribution in [-0.4, -0.2) is 20.8 Å². The summed E-state index contributed by atoms with van der Waals surface area (Å²) in [7, 11) is -3.74. The summed E-state index contributed by atoms with van der Waals surface area (Å²) >= 11 is 3.31. The van der Waals surface area contributed by atoms with E-state index in [0.717, 1.165) is 0 Å². The zero-order valence-corrected chi connectivity index (χ0v) is 15.1. The van der Waals surface area contributed by atoms with Crippen molar-refractivity contribution in [3.8, 4) is 5.75 Å². The Morgan fingerprint density at radius 2 is 1.83 bits per heavy atom. The predicted octanol–water partition coefficient (Wildman–Crippen LogP) is 3.85. The van der Waals surface area contributed by atoms with Crippen LogP contribution in [0.5, 0.6) is 5.75 Å². The number of hydrogen-bond donors (Lipinski definition) is 1. The van der Waals surface area contributed by atoms with Crippen molar-refractivity contribution in [2.24, 2.45) is 0 Å². The fourth-order valence-electron chi connectivity index (χ4n) is 1.90. The van der Waals surface area contributed by atoms with Gasteiger partial charge in [-0.05, 0) is 66.2 Å². The monoisotopic (exact) mass is 397 g/mol. The molecule has 0 amide bonds. The molecule has 2 rings (SSSR count). The molecule has 0 aromatic heterocycles. The van der Waals surface area contributed by atoms with Crippen LogP contribution in [0.3, 0.4) is 0 Å². The molecule has 0 fully saturated rings. The lowest BCUT2D eigenvalue weighted by molar-refractivity contribution is 0.101. The van der Waals surface area contributed by atoms with Gasteiger partial charge < -0.3 is 4.74 Å². The Hall–Kier alpha value is -1.86. The largest absolute Gasteiger partial charge is 0.493 e. The summed E-state index contributed by atoms with van der Waals surface area (Å²) in [6, 6.07) is 10.8. The van der Waals surface area contributed by atoms with Crippen molar-refractivity contribution in [1.82, 2.24) is 0 Å². The van der Waals surface area contributed by atoms with Crippen molar-refractivity contribution < 1.29 is 17.9 Å². The molecule has 23 heavy (non-hydrogen) atoms. The first kappa shape index (κ1) is 17.5. The second-order valence-electron chi connectivity index (χ2n) is 4.76. The van der Waals surface area contributed by atoms with Gasteiger partial charge in [0, 0.05) is 17.3 Å². The maximum Gasteiger partial charge on any atom is 0.262 e. The van der Waals surface area contributed by atoms with Crippen LogP contribution in [0.15, 0.2) is 51.8 Å². The van der Waals surface area contributed by atoms with Gasteiger partial charge in [0.25, 0.3) is 10.0 Å². The van der Waals surface area contributed by atoms with Gasteiger partial charge >= 0.3 is 0 Å². The molecule has 7 heteroatoms. The van der Waals surface area contributed by atoms with Gasteiger partial charge in [0.15, 0.2) is 5.78 Å². The van der Waals surface area contributed by atoms with E-state index in [1.807, 2.05) is 6.92 Å². The molecule has 0 saturated carbocycles. The van der Waals surface area contributed by atoms with Crippen LogP contribution >= 0.6 is 15.9 Å². The van der Waals surface area contributed by atoms with Gasteiger partial charge in [0.1, 0.15) is 5.75 Å². The standard InChI is InChI=1S/C16H16BrNO4S/c1-3-22-16-10-14(8-9-15(16)17)23(20,21)18-13-6-4-12(5-7-13)11(2)19/h4-10,18H,3H2,1-2H3. The Morgan fingerprint density at radius 3 is 2.39 bits per heavy atom. The number of hydrogen-bond acceptors (Lipinski definition) is 4. The van der Waals surface area contributed by atoms with E-state index in [9.17, 15) is 13.2 Å². The smallest absolute Gasteiger partial charge is 0.262 e. The molecule has 0 aliphatic rings. The fraction of sp³-hybridized carbons (Fsp3) is 0.188. The maximum atomic E-state index is 12.4. The average molecular weight is 398 g/mol. The van der Waals surface area contributed by atoms with Crippen LogP contribution < -0.4 is 9.46 Å². The number of Topliss-reactive ketones (excluding diaryl/α,β-unsaturated/α-hetero) is 1. The van der Waals surface area contributed by atoms with Crippen LogP contribution in [0, 0.1) is 0 Å². The summed E-state index contributed by atoms with van der Waals surface area (Å²) in [5, 5.41) is 0. The van der Waals surface area contributed by atoms with Gasteiger partial charge in [-0.25, -0.2) is 8.42 Å². The summed E-state index contributed by atoms with van der Waals surface area (Å²) < 4.78 is 33.4. The molecule has 0 spiro atoms. The lowest BCUT2D eigenvalue weighted by atomic mass is 10.1. The molecule has 122 valence electrons. The van der Waals surface area contributed by atoms with Crippen LogP contribution in [0.4, 0.5) is 5.69 Å². The Kier molecular flexibility index (Phi) is 5.43. The molecule has 0 bridgehead atoms. The molecule has 0 aliphatic carbocycles. The number of carbonyl (C=O) groups is 1. The number of nitrogens with one attached hydrogen (secondary N) is 1. The summed E-state index contributed by atoms with van der Waals surface area (Å²) in [4.78, 5) is 11.3. The van der Waals surface area contributed by atoms with Crippen LogP contribution in [-0.2, 0) is 10.0 Å². The van der Waals surface area contributed by atoms with Gasteiger partial charge in [-0.3, -0.25) is 9.52 Å². The topological polar surface area (TPSA) is 72.5 Å². The quantitative estimate of drug-likeness (QED) is 0.751. The highest BCUT2D eigenvalue weighted by atomic mass is 79.9. The molecule has 0 unspecified atom stereocenters. The summed E-state index contributed by atoms with van der Waals surface area (Å²) in [5.74, 6) is 0.385. The van der Waals surface area contributed by atoms with Crippen LogP contribution in [0.2, 0.25) is 0 Å². The summed E-state index contributed by atoms with van der Waals surface area (Å²) in [5.41, 5.74) is 0.908. The molecule has 2 aromatic carbocycles. The highest BCUT2D eigenvalue weighted by Crippen LogP contribution is 2.28. The zero-order chi connectivity index (χ0) is 17.0. The number of halogens is 1. The summed E-state index contributed by atoms with van der Waals surface area (Å²) in [6.07, 6.45) is 0. The van der Waals surface area contributed by atoms with E-state index in [4.69, 9.17) is 4.74 Å². The third kappa shape index (κ3) is 4.33. The Labute approximate surface area is 143 Å². The number of anilines is 1. The predicted molar refractivity (Wildman–Crippen MR) is 92.6 cm³/mol. The summed E-state index contributed by atoms with van der Waals surface area (Å²) in [6.45, 7) is 3.71. The van der Waals surface area contributed by atoms with Crippen LogP contribution in [0.25, 0.3) is 0 Å². The minimum absolute atomic E-state index is 0.0753. The molecular formula is C16H16BrNO4S. The number of benzene rings is 2. The zero-order valence-electron chi connectivity index (χ0n) is 12.7. The molecular weight excluding hydrogens is 382 g/mol. The lowest BCUT2D eigenvalue weighted by Gasteiger charge is -2.11. The lowest BCUT2D eigenvalue weighted by Crippen LogP contribution is -2.13. The highest BCUT2D eigenvalue weighted by Gasteiger charge is 2.16. The van der Waals surface area contributed by atoms with E-state index in [2.05, 4.69) is 20.7 Å². The second-order valence-corrected chi connectivity index (χ2v) is 7.30. The molecule has 0 atom stereocenters. The first-order chi connectivity index (χ1) is 10.8. The van der Waals surface area contributed by atoms with Crippen molar-refractivity contribution in [2.45, 2.75) is 18.7 Å². The molecule has 2 aromatic rings. The van der Waals surface area contributed by atoms with E-state index in [1.165, 1.54) is 19.1 Å². The van der Waals surface area contributed by atoms with Gasteiger partial charge in [0.2, 0.25) is 0 Å². The van der Waals surface area contributed by atoms with E-state index < -0.39 is 10.0 Å². The van der Waals surface area contributed by atoms with Gasteiger partial charge in [0.05, 0.1) is 16.0 Å². The molecule has 0 radical (unpaired) electrons.